The fourth-order valence-corrected chi connectivity index (χ4v) is 2.54. The number of hydrogen-bond acceptors (Lipinski definition) is 1. The molecule has 1 aromatic carbocycles. The first kappa shape index (κ1) is 11.5. The van der Waals surface area contributed by atoms with Crippen LogP contribution >= 0.6 is 0 Å². The highest BCUT2D eigenvalue weighted by Gasteiger charge is 2.39. The van der Waals surface area contributed by atoms with Crippen molar-refractivity contribution in [3.8, 4) is 0 Å². The summed E-state index contributed by atoms with van der Waals surface area (Å²) < 4.78 is 26.6. The Balaban J connectivity index is 2.13. The van der Waals surface area contributed by atoms with Crippen LogP contribution in [0.1, 0.15) is 31.7 Å². The second-order valence-corrected chi connectivity index (χ2v) is 4.51. The molecule has 1 aliphatic rings. The van der Waals surface area contributed by atoms with Crippen LogP contribution < -0.4 is 5.32 Å². The molecule has 0 radical (unpaired) electrons. The van der Waals surface area contributed by atoms with Gasteiger partial charge in [-0.05, 0) is 36.4 Å². The minimum Gasteiger partial charge on any atom is -0.314 e. The molecule has 1 fully saturated rings. The van der Waals surface area contributed by atoms with Gasteiger partial charge in [-0.25, -0.2) is 8.78 Å². The van der Waals surface area contributed by atoms with E-state index in [4.69, 9.17) is 0 Å². The van der Waals surface area contributed by atoms with Crippen LogP contribution in [0, 0.1) is 17.6 Å². The zero-order valence-corrected chi connectivity index (χ0v) is 9.63. The van der Waals surface area contributed by atoms with E-state index in [2.05, 4.69) is 19.2 Å². The quantitative estimate of drug-likeness (QED) is 0.833. The minimum atomic E-state index is -0.739. The molecule has 3 unspecified atom stereocenters. The van der Waals surface area contributed by atoms with E-state index in [0.29, 0.717) is 17.5 Å². The topological polar surface area (TPSA) is 12.0 Å². The van der Waals surface area contributed by atoms with Crippen LogP contribution in [0.5, 0.6) is 0 Å². The maximum Gasteiger partial charge on any atom is 0.162 e. The van der Waals surface area contributed by atoms with Crippen molar-refractivity contribution in [3.05, 3.63) is 35.4 Å². The minimum absolute atomic E-state index is 0.153. The lowest BCUT2D eigenvalue weighted by Crippen LogP contribution is -2.47. The SMILES string of the molecule is CCNC1CC(c2cccc(F)c2F)C1C. The van der Waals surface area contributed by atoms with Crippen LogP contribution in [0.15, 0.2) is 18.2 Å². The van der Waals surface area contributed by atoms with Gasteiger partial charge < -0.3 is 5.32 Å². The molecule has 0 amide bonds. The van der Waals surface area contributed by atoms with Gasteiger partial charge in [0.2, 0.25) is 0 Å². The van der Waals surface area contributed by atoms with Crippen molar-refractivity contribution in [2.45, 2.75) is 32.2 Å². The van der Waals surface area contributed by atoms with Gasteiger partial charge in [0, 0.05) is 6.04 Å². The Labute approximate surface area is 94.9 Å². The van der Waals surface area contributed by atoms with Gasteiger partial charge in [0.25, 0.3) is 0 Å². The van der Waals surface area contributed by atoms with Crippen molar-refractivity contribution < 1.29 is 8.78 Å². The van der Waals surface area contributed by atoms with Crippen molar-refractivity contribution in [3.63, 3.8) is 0 Å². The average molecular weight is 225 g/mol. The van der Waals surface area contributed by atoms with E-state index in [-0.39, 0.29) is 5.92 Å². The summed E-state index contributed by atoms with van der Waals surface area (Å²) in [6, 6.07) is 4.89. The molecule has 0 spiro atoms. The molecule has 1 N–H and O–H groups in total. The Kier molecular flexibility index (Phi) is 3.24. The van der Waals surface area contributed by atoms with Gasteiger partial charge in [0.05, 0.1) is 0 Å². The molecule has 3 atom stereocenters. The molecule has 1 nitrogen and oxygen atoms in total. The van der Waals surface area contributed by atoms with Crippen LogP contribution in [-0.4, -0.2) is 12.6 Å². The van der Waals surface area contributed by atoms with E-state index in [1.54, 1.807) is 12.1 Å². The summed E-state index contributed by atoms with van der Waals surface area (Å²) in [6.45, 7) is 5.07. The van der Waals surface area contributed by atoms with Gasteiger partial charge in [-0.1, -0.05) is 26.0 Å². The Morgan fingerprint density at radius 2 is 2.12 bits per heavy atom. The molecular formula is C13H17F2N. The van der Waals surface area contributed by atoms with Crippen molar-refractivity contribution in [2.75, 3.05) is 6.54 Å². The average Bonchev–Trinajstić information content (AvgIpc) is 2.28. The number of halogens is 2. The third kappa shape index (κ3) is 1.84. The Bertz CT molecular complexity index is 378. The second kappa shape index (κ2) is 4.50. The van der Waals surface area contributed by atoms with Crippen LogP contribution in [0.4, 0.5) is 8.78 Å². The first-order chi connectivity index (χ1) is 7.65. The molecule has 0 saturated heterocycles. The number of rotatable bonds is 3. The standard InChI is InChI=1S/C13H17F2N/c1-3-16-12-7-10(8(12)2)9-5-4-6-11(14)13(9)15/h4-6,8,10,12,16H,3,7H2,1-2H3. The third-order valence-electron chi connectivity index (χ3n) is 3.62. The van der Waals surface area contributed by atoms with E-state index in [0.717, 1.165) is 13.0 Å². The molecule has 0 bridgehead atoms. The molecule has 3 heteroatoms. The molecule has 0 aliphatic heterocycles. The number of hydrogen-bond donors (Lipinski definition) is 1. The summed E-state index contributed by atoms with van der Waals surface area (Å²) in [4.78, 5) is 0. The van der Waals surface area contributed by atoms with Gasteiger partial charge in [0.15, 0.2) is 11.6 Å². The smallest absolute Gasteiger partial charge is 0.162 e. The van der Waals surface area contributed by atoms with Crippen molar-refractivity contribution in [1.82, 2.24) is 5.32 Å². The van der Waals surface area contributed by atoms with Gasteiger partial charge in [-0.15, -0.1) is 0 Å². The molecule has 16 heavy (non-hydrogen) atoms. The highest BCUT2D eigenvalue weighted by atomic mass is 19.2. The van der Waals surface area contributed by atoms with Gasteiger partial charge in [-0.3, -0.25) is 0 Å². The van der Waals surface area contributed by atoms with E-state index in [1.165, 1.54) is 6.07 Å². The predicted octanol–water partition coefficient (Wildman–Crippen LogP) is 3.07. The summed E-state index contributed by atoms with van der Waals surface area (Å²) in [5.74, 6) is -0.887. The third-order valence-corrected chi connectivity index (χ3v) is 3.62. The van der Waals surface area contributed by atoms with E-state index < -0.39 is 11.6 Å². The highest BCUT2D eigenvalue weighted by Crippen LogP contribution is 2.43. The van der Waals surface area contributed by atoms with E-state index >= 15 is 0 Å². The second-order valence-electron chi connectivity index (χ2n) is 4.51. The van der Waals surface area contributed by atoms with E-state index in [9.17, 15) is 8.78 Å². The van der Waals surface area contributed by atoms with E-state index in [1.807, 2.05) is 0 Å². The zero-order valence-electron chi connectivity index (χ0n) is 9.63. The summed E-state index contributed by atoms with van der Waals surface area (Å²) >= 11 is 0. The fraction of sp³-hybridized carbons (Fsp3) is 0.538. The molecule has 1 aromatic rings. The van der Waals surface area contributed by atoms with Gasteiger partial charge in [0.1, 0.15) is 0 Å². The summed E-state index contributed by atoms with van der Waals surface area (Å²) in [7, 11) is 0. The first-order valence-electron chi connectivity index (χ1n) is 5.82. The van der Waals surface area contributed by atoms with Crippen molar-refractivity contribution in [2.24, 2.45) is 5.92 Å². The summed E-state index contributed by atoms with van der Waals surface area (Å²) in [6.07, 6.45) is 0.898. The monoisotopic (exact) mass is 225 g/mol. The van der Waals surface area contributed by atoms with Crippen molar-refractivity contribution >= 4 is 0 Å². The molecule has 0 heterocycles. The first-order valence-corrected chi connectivity index (χ1v) is 5.82. The zero-order chi connectivity index (χ0) is 11.7. The van der Waals surface area contributed by atoms with Crippen LogP contribution in [0.25, 0.3) is 0 Å². The fourth-order valence-electron chi connectivity index (χ4n) is 2.54. The summed E-state index contributed by atoms with van der Waals surface area (Å²) in [5, 5.41) is 3.35. The normalized spacial score (nSPS) is 28.9. The lowest BCUT2D eigenvalue weighted by Gasteiger charge is -2.43. The highest BCUT2D eigenvalue weighted by molar-refractivity contribution is 5.27. The van der Waals surface area contributed by atoms with Crippen LogP contribution in [0.3, 0.4) is 0 Å². The van der Waals surface area contributed by atoms with Gasteiger partial charge in [-0.2, -0.15) is 0 Å². The van der Waals surface area contributed by atoms with Crippen LogP contribution in [0.2, 0.25) is 0 Å². The predicted molar refractivity (Wildman–Crippen MR) is 60.3 cm³/mol. The largest absolute Gasteiger partial charge is 0.314 e. The molecule has 1 saturated carbocycles. The number of benzene rings is 1. The Hall–Kier alpha value is -0.960. The summed E-state index contributed by atoms with van der Waals surface area (Å²) in [5.41, 5.74) is 0.529. The Morgan fingerprint density at radius 3 is 2.75 bits per heavy atom. The number of nitrogens with one attached hydrogen (secondary N) is 1. The van der Waals surface area contributed by atoms with Gasteiger partial charge >= 0.3 is 0 Å². The molecule has 0 aromatic heterocycles. The Morgan fingerprint density at radius 1 is 1.38 bits per heavy atom. The molecule has 2 rings (SSSR count). The molecule has 1 aliphatic carbocycles. The maximum atomic E-state index is 13.6. The lowest BCUT2D eigenvalue weighted by molar-refractivity contribution is 0.182. The molecule has 88 valence electrons. The maximum absolute atomic E-state index is 13.6. The lowest BCUT2D eigenvalue weighted by atomic mass is 9.67. The van der Waals surface area contributed by atoms with Crippen molar-refractivity contribution in [1.29, 1.82) is 0 Å². The van der Waals surface area contributed by atoms with Crippen LogP contribution in [-0.2, 0) is 0 Å². The molecular weight excluding hydrogens is 208 g/mol.